The van der Waals surface area contributed by atoms with Gasteiger partial charge in [0.15, 0.2) is 0 Å². The second kappa shape index (κ2) is 12.4. The Morgan fingerprint density at radius 1 is 1.06 bits per heavy atom. The number of rotatable bonds is 11. The first-order valence-corrected chi connectivity index (χ1v) is 14.2. The third kappa shape index (κ3) is 7.48. The van der Waals surface area contributed by atoms with Gasteiger partial charge in [0.25, 0.3) is 10.0 Å². The van der Waals surface area contributed by atoms with E-state index >= 15 is 0 Å². The number of nitrogens with one attached hydrogen (secondary N) is 1. The first kappa shape index (κ1) is 25.6. The molecule has 1 fully saturated rings. The Hall–Kier alpha value is -2.03. The largest absolute Gasteiger partial charge is 0.378 e. The first-order chi connectivity index (χ1) is 15.9. The van der Waals surface area contributed by atoms with Crippen molar-refractivity contribution in [1.29, 1.82) is 0 Å². The van der Waals surface area contributed by atoms with Gasteiger partial charge in [-0.15, -0.1) is 11.8 Å². The molecule has 33 heavy (non-hydrogen) atoms. The summed E-state index contributed by atoms with van der Waals surface area (Å²) in [5.41, 5.74) is 1.48. The SMILES string of the molecule is CSc1ccc(S(=O)(=O)N(CC(=O)NCCCOC2CCCCC2)c2ccc(C)cc2)cc1. The van der Waals surface area contributed by atoms with E-state index in [0.717, 1.165) is 23.3 Å². The molecule has 0 atom stereocenters. The number of nitrogens with zero attached hydrogens (tertiary/aromatic N) is 1. The van der Waals surface area contributed by atoms with Gasteiger partial charge in [0, 0.05) is 18.0 Å². The molecule has 180 valence electrons. The smallest absolute Gasteiger partial charge is 0.264 e. The summed E-state index contributed by atoms with van der Waals surface area (Å²) in [6.07, 6.45) is 8.96. The van der Waals surface area contributed by atoms with Gasteiger partial charge in [-0.2, -0.15) is 0 Å². The lowest BCUT2D eigenvalue weighted by Crippen LogP contribution is -2.41. The highest BCUT2D eigenvalue weighted by Crippen LogP contribution is 2.26. The van der Waals surface area contributed by atoms with Gasteiger partial charge in [-0.3, -0.25) is 9.10 Å². The molecule has 0 aliphatic heterocycles. The van der Waals surface area contributed by atoms with Gasteiger partial charge in [-0.05, 0) is 68.8 Å². The molecular formula is C25H34N2O4S2. The number of anilines is 1. The average Bonchev–Trinajstić information content (AvgIpc) is 2.83. The molecule has 1 saturated carbocycles. The predicted octanol–water partition coefficient (Wildman–Crippen LogP) is 4.77. The molecule has 8 heteroatoms. The molecule has 6 nitrogen and oxygen atoms in total. The van der Waals surface area contributed by atoms with Crippen LogP contribution in [0.25, 0.3) is 0 Å². The molecule has 1 aliphatic rings. The van der Waals surface area contributed by atoms with Crippen LogP contribution in [0.1, 0.15) is 44.1 Å². The quantitative estimate of drug-likeness (QED) is 0.363. The minimum Gasteiger partial charge on any atom is -0.378 e. The third-order valence-electron chi connectivity index (χ3n) is 5.81. The molecule has 0 unspecified atom stereocenters. The Labute approximate surface area is 202 Å². The summed E-state index contributed by atoms with van der Waals surface area (Å²) in [6.45, 7) is 2.72. The summed E-state index contributed by atoms with van der Waals surface area (Å²) in [6, 6.07) is 13.9. The van der Waals surface area contributed by atoms with E-state index in [9.17, 15) is 13.2 Å². The van der Waals surface area contributed by atoms with E-state index in [1.165, 1.54) is 23.6 Å². The van der Waals surface area contributed by atoms with Gasteiger partial charge >= 0.3 is 0 Å². The van der Waals surface area contributed by atoms with Gasteiger partial charge in [-0.25, -0.2) is 8.42 Å². The average molecular weight is 491 g/mol. The molecular weight excluding hydrogens is 456 g/mol. The Kier molecular flexibility index (Phi) is 9.64. The molecule has 2 aromatic rings. The molecule has 1 amide bonds. The van der Waals surface area contributed by atoms with Crippen molar-refractivity contribution in [3.63, 3.8) is 0 Å². The zero-order chi connectivity index (χ0) is 23.7. The van der Waals surface area contributed by atoms with E-state index < -0.39 is 10.0 Å². The normalized spacial score (nSPS) is 14.7. The topological polar surface area (TPSA) is 75.7 Å². The Morgan fingerprint density at radius 2 is 1.73 bits per heavy atom. The van der Waals surface area contributed by atoms with Crippen LogP contribution in [0.3, 0.4) is 0 Å². The van der Waals surface area contributed by atoms with Crippen molar-refractivity contribution in [2.45, 2.75) is 61.3 Å². The van der Waals surface area contributed by atoms with Gasteiger partial charge in [0.2, 0.25) is 5.91 Å². The number of amides is 1. The van der Waals surface area contributed by atoms with Gasteiger partial charge < -0.3 is 10.1 Å². The maximum atomic E-state index is 13.4. The molecule has 0 heterocycles. The number of carbonyl (C=O) groups is 1. The summed E-state index contributed by atoms with van der Waals surface area (Å²) >= 11 is 1.54. The molecule has 0 bridgehead atoms. The lowest BCUT2D eigenvalue weighted by atomic mass is 9.98. The van der Waals surface area contributed by atoms with Crippen LogP contribution in [0.15, 0.2) is 58.3 Å². The van der Waals surface area contributed by atoms with Crippen molar-refractivity contribution < 1.29 is 17.9 Å². The number of carbonyl (C=O) groups excluding carboxylic acids is 1. The van der Waals surface area contributed by atoms with Crippen LogP contribution in [0.2, 0.25) is 0 Å². The second-order valence-electron chi connectivity index (χ2n) is 8.36. The van der Waals surface area contributed by atoms with Crippen molar-refractivity contribution in [2.75, 3.05) is 30.3 Å². The molecule has 0 radical (unpaired) electrons. The van der Waals surface area contributed by atoms with E-state index in [1.807, 2.05) is 25.3 Å². The Morgan fingerprint density at radius 3 is 2.36 bits per heavy atom. The lowest BCUT2D eigenvalue weighted by molar-refractivity contribution is -0.119. The molecule has 0 aromatic heterocycles. The summed E-state index contributed by atoms with van der Waals surface area (Å²) < 4.78 is 33.9. The highest BCUT2D eigenvalue weighted by Gasteiger charge is 2.27. The van der Waals surface area contributed by atoms with Crippen LogP contribution in [0, 0.1) is 6.92 Å². The number of benzene rings is 2. The summed E-state index contributed by atoms with van der Waals surface area (Å²) in [5.74, 6) is -0.336. The monoisotopic (exact) mass is 490 g/mol. The maximum absolute atomic E-state index is 13.4. The molecule has 1 aliphatic carbocycles. The fourth-order valence-electron chi connectivity index (χ4n) is 3.87. The van der Waals surface area contributed by atoms with Crippen LogP contribution in [0.5, 0.6) is 0 Å². The summed E-state index contributed by atoms with van der Waals surface area (Å²) in [7, 11) is -3.90. The van der Waals surface area contributed by atoms with Crippen LogP contribution in [-0.4, -0.2) is 46.4 Å². The maximum Gasteiger partial charge on any atom is 0.264 e. The predicted molar refractivity (Wildman–Crippen MR) is 134 cm³/mol. The van der Waals surface area contributed by atoms with E-state index in [4.69, 9.17) is 4.74 Å². The molecule has 0 spiro atoms. The fourth-order valence-corrected chi connectivity index (χ4v) is 5.70. The third-order valence-corrected chi connectivity index (χ3v) is 8.34. The minimum atomic E-state index is -3.90. The zero-order valence-corrected chi connectivity index (χ0v) is 21.1. The standard InChI is InChI=1S/C25H34N2O4S2/c1-20-9-11-21(12-10-20)27(33(29,30)24-15-13-23(32-2)14-16-24)19-25(28)26-17-6-18-31-22-7-4-3-5-8-22/h9-16,22H,3-8,17-19H2,1-2H3,(H,26,28). The van der Waals surface area contributed by atoms with Crippen molar-refractivity contribution in [3.8, 4) is 0 Å². The van der Waals surface area contributed by atoms with Crippen molar-refractivity contribution in [3.05, 3.63) is 54.1 Å². The Balaban J connectivity index is 1.62. The number of hydrogen-bond acceptors (Lipinski definition) is 5. The van der Waals surface area contributed by atoms with Gasteiger partial charge in [0.1, 0.15) is 6.54 Å². The van der Waals surface area contributed by atoms with E-state index in [1.54, 1.807) is 48.2 Å². The number of hydrogen-bond donors (Lipinski definition) is 1. The van der Waals surface area contributed by atoms with Gasteiger partial charge in [0.05, 0.1) is 16.7 Å². The highest BCUT2D eigenvalue weighted by atomic mass is 32.2. The molecule has 1 N–H and O–H groups in total. The van der Waals surface area contributed by atoms with E-state index in [2.05, 4.69) is 5.32 Å². The van der Waals surface area contributed by atoms with E-state index in [-0.39, 0.29) is 17.3 Å². The number of sulfonamides is 1. The van der Waals surface area contributed by atoms with Crippen molar-refractivity contribution in [1.82, 2.24) is 5.32 Å². The number of aryl methyl sites for hydroxylation is 1. The van der Waals surface area contributed by atoms with Gasteiger partial charge in [-0.1, -0.05) is 37.0 Å². The molecule has 0 saturated heterocycles. The summed E-state index contributed by atoms with van der Waals surface area (Å²) in [4.78, 5) is 13.8. The highest BCUT2D eigenvalue weighted by molar-refractivity contribution is 7.98. The summed E-state index contributed by atoms with van der Waals surface area (Å²) in [5, 5.41) is 2.85. The van der Waals surface area contributed by atoms with Crippen LogP contribution in [-0.2, 0) is 19.6 Å². The minimum absolute atomic E-state index is 0.162. The lowest BCUT2D eigenvalue weighted by Gasteiger charge is -2.24. The zero-order valence-electron chi connectivity index (χ0n) is 19.5. The van der Waals surface area contributed by atoms with Crippen LogP contribution >= 0.6 is 11.8 Å². The number of ether oxygens (including phenoxy) is 1. The number of thioether (sulfide) groups is 1. The van der Waals surface area contributed by atoms with Crippen LogP contribution in [0.4, 0.5) is 5.69 Å². The molecule has 3 rings (SSSR count). The Bertz CT molecular complexity index is 986. The van der Waals surface area contributed by atoms with Crippen LogP contribution < -0.4 is 9.62 Å². The second-order valence-corrected chi connectivity index (χ2v) is 11.1. The van der Waals surface area contributed by atoms with Crippen molar-refractivity contribution in [2.24, 2.45) is 0 Å². The van der Waals surface area contributed by atoms with Crippen molar-refractivity contribution >= 4 is 33.4 Å². The van der Waals surface area contributed by atoms with E-state index in [0.29, 0.717) is 31.4 Å². The molecule has 2 aromatic carbocycles. The first-order valence-electron chi connectivity index (χ1n) is 11.5. The fraction of sp³-hybridized carbons (Fsp3) is 0.480.